The first-order chi connectivity index (χ1) is 9.65. The van der Waals surface area contributed by atoms with Gasteiger partial charge in [-0.25, -0.2) is 4.39 Å². The normalized spacial score (nSPS) is 10.2. The van der Waals surface area contributed by atoms with Gasteiger partial charge in [0.25, 0.3) is 0 Å². The van der Waals surface area contributed by atoms with E-state index in [1.807, 2.05) is 0 Å². The minimum Gasteiger partial charge on any atom is -0.493 e. The molecule has 0 aromatic heterocycles. The Kier molecular flexibility index (Phi) is 4.69. The van der Waals surface area contributed by atoms with Crippen molar-refractivity contribution in [3.63, 3.8) is 0 Å². The molecule has 0 spiro atoms. The van der Waals surface area contributed by atoms with Gasteiger partial charge < -0.3 is 14.8 Å². The smallest absolute Gasteiger partial charge is 0.179 e. The van der Waals surface area contributed by atoms with Gasteiger partial charge in [0.15, 0.2) is 11.5 Å². The van der Waals surface area contributed by atoms with Gasteiger partial charge >= 0.3 is 0 Å². The van der Waals surface area contributed by atoms with Gasteiger partial charge in [-0.2, -0.15) is 0 Å². The number of hydrogen-bond acceptors (Lipinski definition) is 3. The molecule has 1 N–H and O–H groups in total. The van der Waals surface area contributed by atoms with Crippen LogP contribution in [0.5, 0.6) is 11.5 Å². The fraction of sp³-hybridized carbons (Fsp3) is 0.200. The molecular weight excluding hydrogens is 281 g/mol. The molecule has 3 nitrogen and oxygen atoms in total. The molecule has 0 aliphatic heterocycles. The topological polar surface area (TPSA) is 30.5 Å². The van der Waals surface area contributed by atoms with E-state index in [-0.39, 0.29) is 5.82 Å². The average Bonchev–Trinajstić information content (AvgIpc) is 2.45. The maximum absolute atomic E-state index is 13.5. The van der Waals surface area contributed by atoms with E-state index in [2.05, 4.69) is 5.32 Å². The van der Waals surface area contributed by atoms with Crippen LogP contribution in [0.4, 0.5) is 10.1 Å². The summed E-state index contributed by atoms with van der Waals surface area (Å²) in [5, 5.41) is 3.47. The lowest BCUT2D eigenvalue weighted by Gasteiger charge is -2.13. The molecule has 0 radical (unpaired) electrons. The molecule has 5 heteroatoms. The quantitative estimate of drug-likeness (QED) is 0.900. The molecule has 20 heavy (non-hydrogen) atoms. The fourth-order valence-corrected chi connectivity index (χ4v) is 2.19. The predicted molar refractivity (Wildman–Crippen MR) is 78.3 cm³/mol. The molecule has 0 unspecified atom stereocenters. The van der Waals surface area contributed by atoms with Crippen LogP contribution in [0, 0.1) is 5.82 Å². The lowest BCUT2D eigenvalue weighted by Crippen LogP contribution is -2.02. The molecule has 0 aliphatic carbocycles. The summed E-state index contributed by atoms with van der Waals surface area (Å²) < 4.78 is 23.9. The molecule has 0 aliphatic rings. The van der Waals surface area contributed by atoms with E-state index < -0.39 is 0 Å². The van der Waals surface area contributed by atoms with Gasteiger partial charge in [-0.1, -0.05) is 23.7 Å². The van der Waals surface area contributed by atoms with E-state index in [1.54, 1.807) is 37.4 Å². The number of hydrogen-bond donors (Lipinski definition) is 1. The van der Waals surface area contributed by atoms with Gasteiger partial charge in [0.05, 0.1) is 24.9 Å². The molecule has 0 amide bonds. The van der Waals surface area contributed by atoms with Crippen LogP contribution in [0.2, 0.25) is 5.02 Å². The maximum Gasteiger partial charge on any atom is 0.179 e. The minimum absolute atomic E-state index is 0.293. The Labute approximate surface area is 122 Å². The van der Waals surface area contributed by atoms with Crippen LogP contribution < -0.4 is 14.8 Å². The molecule has 0 bridgehead atoms. The second-order valence-electron chi connectivity index (χ2n) is 4.15. The van der Waals surface area contributed by atoms with Crippen molar-refractivity contribution < 1.29 is 13.9 Å². The SMILES string of the molecule is COc1cc(CNc2ccccc2F)cc(Cl)c1OC. The zero-order valence-corrected chi connectivity index (χ0v) is 12.0. The predicted octanol–water partition coefficient (Wildman–Crippen LogP) is 4.11. The number of ether oxygens (including phenoxy) is 2. The molecule has 106 valence electrons. The Morgan fingerprint density at radius 2 is 1.90 bits per heavy atom. The molecular formula is C15H15ClFNO2. The second-order valence-corrected chi connectivity index (χ2v) is 4.55. The molecule has 2 rings (SSSR count). The summed E-state index contributed by atoms with van der Waals surface area (Å²) in [7, 11) is 3.07. The zero-order valence-electron chi connectivity index (χ0n) is 11.2. The van der Waals surface area contributed by atoms with E-state index >= 15 is 0 Å². The van der Waals surface area contributed by atoms with Crippen molar-refractivity contribution in [1.29, 1.82) is 0 Å². The third kappa shape index (κ3) is 3.14. The van der Waals surface area contributed by atoms with E-state index in [0.29, 0.717) is 28.8 Å². The van der Waals surface area contributed by atoms with Crippen molar-refractivity contribution in [1.82, 2.24) is 0 Å². The molecule has 2 aromatic rings. The highest BCUT2D eigenvalue weighted by atomic mass is 35.5. The third-order valence-corrected chi connectivity index (χ3v) is 3.13. The molecule has 0 fully saturated rings. The van der Waals surface area contributed by atoms with Crippen molar-refractivity contribution in [3.05, 3.63) is 52.8 Å². The number of anilines is 1. The summed E-state index contributed by atoms with van der Waals surface area (Å²) in [6.07, 6.45) is 0. The Morgan fingerprint density at radius 3 is 2.55 bits per heavy atom. The Balaban J connectivity index is 2.18. The lowest BCUT2D eigenvalue weighted by atomic mass is 10.2. The van der Waals surface area contributed by atoms with Crippen LogP contribution in [0.15, 0.2) is 36.4 Å². The highest BCUT2D eigenvalue weighted by molar-refractivity contribution is 6.32. The lowest BCUT2D eigenvalue weighted by molar-refractivity contribution is 0.355. The monoisotopic (exact) mass is 295 g/mol. The minimum atomic E-state index is -0.293. The summed E-state index contributed by atoms with van der Waals surface area (Å²) in [6.45, 7) is 0.432. The second kappa shape index (κ2) is 6.48. The van der Waals surface area contributed by atoms with Gasteiger partial charge in [0, 0.05) is 6.54 Å². The van der Waals surface area contributed by atoms with E-state index in [1.165, 1.54) is 13.2 Å². The van der Waals surface area contributed by atoms with Crippen molar-refractivity contribution in [3.8, 4) is 11.5 Å². The first-order valence-corrected chi connectivity index (χ1v) is 6.42. The third-order valence-electron chi connectivity index (χ3n) is 2.85. The van der Waals surface area contributed by atoms with Crippen LogP contribution in [-0.2, 0) is 6.54 Å². The van der Waals surface area contributed by atoms with Gasteiger partial charge in [-0.05, 0) is 29.8 Å². The Morgan fingerprint density at radius 1 is 1.15 bits per heavy atom. The number of methoxy groups -OCH3 is 2. The largest absolute Gasteiger partial charge is 0.493 e. The van der Waals surface area contributed by atoms with Crippen molar-refractivity contribution in [2.45, 2.75) is 6.54 Å². The Hall–Kier alpha value is -1.94. The van der Waals surface area contributed by atoms with E-state index in [4.69, 9.17) is 21.1 Å². The van der Waals surface area contributed by atoms with E-state index in [9.17, 15) is 4.39 Å². The standard InChI is InChI=1S/C15H15ClFNO2/c1-19-14-8-10(7-11(16)15(14)20-2)9-18-13-6-4-3-5-12(13)17/h3-8,18H,9H2,1-2H3. The summed E-state index contributed by atoms with van der Waals surface area (Å²) in [6, 6.07) is 10.1. The molecule has 0 saturated heterocycles. The molecule has 2 aromatic carbocycles. The summed E-state index contributed by atoms with van der Waals surface area (Å²) in [4.78, 5) is 0. The van der Waals surface area contributed by atoms with Crippen LogP contribution in [0.25, 0.3) is 0 Å². The fourth-order valence-electron chi connectivity index (χ4n) is 1.88. The van der Waals surface area contributed by atoms with Gasteiger partial charge in [-0.3, -0.25) is 0 Å². The number of nitrogens with one attached hydrogen (secondary N) is 1. The first kappa shape index (κ1) is 14.5. The number of halogens is 2. The van der Waals surface area contributed by atoms with Crippen LogP contribution in [-0.4, -0.2) is 14.2 Å². The van der Waals surface area contributed by atoms with Crippen LogP contribution in [0.1, 0.15) is 5.56 Å². The van der Waals surface area contributed by atoms with Gasteiger partial charge in [-0.15, -0.1) is 0 Å². The molecule has 0 saturated carbocycles. The summed E-state index contributed by atoms with van der Waals surface area (Å²) >= 11 is 6.12. The van der Waals surface area contributed by atoms with Crippen LogP contribution in [0.3, 0.4) is 0 Å². The number of para-hydroxylation sites is 1. The average molecular weight is 296 g/mol. The van der Waals surface area contributed by atoms with Crippen molar-refractivity contribution >= 4 is 17.3 Å². The van der Waals surface area contributed by atoms with Gasteiger partial charge in [0.2, 0.25) is 0 Å². The maximum atomic E-state index is 13.5. The number of benzene rings is 2. The molecule has 0 atom stereocenters. The van der Waals surface area contributed by atoms with E-state index in [0.717, 1.165) is 5.56 Å². The van der Waals surface area contributed by atoms with Crippen molar-refractivity contribution in [2.24, 2.45) is 0 Å². The summed E-state index contributed by atoms with van der Waals surface area (Å²) in [5.41, 5.74) is 1.31. The van der Waals surface area contributed by atoms with Crippen LogP contribution >= 0.6 is 11.6 Å². The highest BCUT2D eigenvalue weighted by Crippen LogP contribution is 2.36. The first-order valence-electron chi connectivity index (χ1n) is 6.04. The van der Waals surface area contributed by atoms with Crippen molar-refractivity contribution in [2.75, 3.05) is 19.5 Å². The zero-order chi connectivity index (χ0) is 14.5. The Bertz CT molecular complexity index is 604. The number of rotatable bonds is 5. The highest BCUT2D eigenvalue weighted by Gasteiger charge is 2.11. The molecule has 0 heterocycles. The summed E-state index contributed by atoms with van der Waals surface area (Å²) in [5.74, 6) is 0.744. The van der Waals surface area contributed by atoms with Gasteiger partial charge in [0.1, 0.15) is 5.82 Å².